The van der Waals surface area contributed by atoms with E-state index in [0.717, 1.165) is 0 Å². The number of carboxylic acid groups (broad SMARTS) is 2. The molecule has 68 valence electrons. The van der Waals surface area contributed by atoms with E-state index in [1.165, 1.54) is 12.2 Å². The molecule has 4 nitrogen and oxygen atoms in total. The number of rotatable bonds is 4. The predicted octanol–water partition coefficient (Wildman–Crippen LogP) is -1.38. The minimum absolute atomic E-state index is 0. The number of carbonyl (C=O) groups is 2. The van der Waals surface area contributed by atoms with Crippen LogP contribution in [0.2, 0.25) is 0 Å². The Labute approximate surface area is 97.5 Å². The van der Waals surface area contributed by atoms with Crippen LogP contribution in [-0.2, 0) is 37.3 Å². The Balaban J connectivity index is -0.000000143. The first-order valence-corrected chi connectivity index (χ1v) is 3.16. The molecule has 0 aliphatic rings. The van der Waals surface area contributed by atoms with Crippen molar-refractivity contribution in [1.82, 2.24) is 0 Å². The maximum Gasteiger partial charge on any atom is 2.00 e. The summed E-state index contributed by atoms with van der Waals surface area (Å²) >= 11 is 0. The van der Waals surface area contributed by atoms with Crippen molar-refractivity contribution < 1.29 is 47.5 Å². The molecular formula is C8H10HgO4. The summed E-state index contributed by atoms with van der Waals surface area (Å²) in [5, 5.41) is 18.8. The van der Waals surface area contributed by atoms with Crippen molar-refractivity contribution in [3.05, 3.63) is 25.3 Å². The molecule has 0 rings (SSSR count). The number of aliphatic carboxylic acids is 2. The van der Waals surface area contributed by atoms with Crippen molar-refractivity contribution in [2.45, 2.75) is 12.8 Å². The quantitative estimate of drug-likeness (QED) is 0.451. The van der Waals surface area contributed by atoms with E-state index in [0.29, 0.717) is 0 Å². The topological polar surface area (TPSA) is 80.3 Å². The van der Waals surface area contributed by atoms with Crippen LogP contribution >= 0.6 is 0 Å². The van der Waals surface area contributed by atoms with Crippen LogP contribution in [0.3, 0.4) is 0 Å². The second-order valence-electron chi connectivity index (χ2n) is 1.73. The first-order valence-electron chi connectivity index (χ1n) is 3.16. The van der Waals surface area contributed by atoms with Gasteiger partial charge < -0.3 is 19.8 Å². The van der Waals surface area contributed by atoms with Crippen molar-refractivity contribution in [1.29, 1.82) is 0 Å². The van der Waals surface area contributed by atoms with E-state index in [1.54, 1.807) is 0 Å². The molecule has 0 atom stereocenters. The molecule has 5 heteroatoms. The van der Waals surface area contributed by atoms with E-state index in [1.807, 2.05) is 0 Å². The van der Waals surface area contributed by atoms with Gasteiger partial charge in [0.1, 0.15) is 0 Å². The fourth-order valence-corrected chi connectivity index (χ4v) is 0.236. The zero-order chi connectivity index (χ0) is 9.98. The molecule has 0 saturated heterocycles. The van der Waals surface area contributed by atoms with Crippen molar-refractivity contribution in [3.63, 3.8) is 0 Å². The Morgan fingerprint density at radius 3 is 1.23 bits per heavy atom. The van der Waals surface area contributed by atoms with Gasteiger partial charge in [0.15, 0.2) is 0 Å². The third-order valence-corrected chi connectivity index (χ3v) is 0.622. The minimum atomic E-state index is -1.08. The van der Waals surface area contributed by atoms with E-state index in [2.05, 4.69) is 13.2 Å². The molecule has 0 spiro atoms. The normalized spacial score (nSPS) is 6.77. The van der Waals surface area contributed by atoms with Crippen LogP contribution in [-0.4, -0.2) is 11.9 Å². The van der Waals surface area contributed by atoms with Crippen LogP contribution in [0.25, 0.3) is 0 Å². The molecule has 13 heavy (non-hydrogen) atoms. The zero-order valence-electron chi connectivity index (χ0n) is 7.32. The zero-order valence-corrected chi connectivity index (χ0v) is 12.8. The molecule has 0 radical (unpaired) electrons. The summed E-state index contributed by atoms with van der Waals surface area (Å²) in [5.41, 5.74) is 0. The molecule has 0 aromatic rings. The maximum absolute atomic E-state index is 9.42. The van der Waals surface area contributed by atoms with Crippen LogP contribution in [0.4, 0.5) is 0 Å². The summed E-state index contributed by atoms with van der Waals surface area (Å²) in [7, 11) is 0. The van der Waals surface area contributed by atoms with E-state index in [9.17, 15) is 19.8 Å². The van der Waals surface area contributed by atoms with Gasteiger partial charge in [0.05, 0.1) is 0 Å². The molecule has 0 aromatic carbocycles. The van der Waals surface area contributed by atoms with Crippen molar-refractivity contribution in [2.75, 3.05) is 0 Å². The Hall–Kier alpha value is -0.645. The second kappa shape index (κ2) is 13.9. The molecule has 0 amide bonds. The van der Waals surface area contributed by atoms with Crippen molar-refractivity contribution >= 4 is 11.9 Å². The number of carbonyl (C=O) groups excluding carboxylic acids is 2. The molecule has 0 aliphatic heterocycles. The summed E-state index contributed by atoms with van der Waals surface area (Å²) in [6, 6.07) is 0. The molecule has 0 aliphatic carbocycles. The van der Waals surface area contributed by atoms with Crippen LogP contribution in [0.15, 0.2) is 25.3 Å². The summed E-state index contributed by atoms with van der Waals surface area (Å²) in [6.07, 6.45) is 2.46. The molecular weight excluding hydrogens is 361 g/mol. The summed E-state index contributed by atoms with van der Waals surface area (Å²) in [4.78, 5) is 18.8. The molecule has 0 bridgehead atoms. The van der Waals surface area contributed by atoms with Gasteiger partial charge in [-0.05, 0) is 0 Å². The Kier molecular flexibility index (Phi) is 19.5. The van der Waals surface area contributed by atoms with Gasteiger partial charge >= 0.3 is 27.7 Å². The SMILES string of the molecule is C=CCC(=O)[O-].C=CCC(=O)[O-].[Hg+2]. The van der Waals surface area contributed by atoms with E-state index in [-0.39, 0.29) is 40.5 Å². The first-order chi connectivity index (χ1) is 5.54. The fraction of sp³-hybridized carbons (Fsp3) is 0.250. The van der Waals surface area contributed by atoms with Gasteiger partial charge in [-0.25, -0.2) is 0 Å². The van der Waals surface area contributed by atoms with E-state index < -0.39 is 11.9 Å². The van der Waals surface area contributed by atoms with Crippen molar-refractivity contribution in [2.24, 2.45) is 0 Å². The monoisotopic (exact) mass is 372 g/mol. The second-order valence-corrected chi connectivity index (χ2v) is 1.73. The van der Waals surface area contributed by atoms with Gasteiger partial charge in [0.2, 0.25) is 0 Å². The van der Waals surface area contributed by atoms with Crippen LogP contribution < -0.4 is 10.2 Å². The van der Waals surface area contributed by atoms with Gasteiger partial charge in [-0.1, -0.05) is 12.2 Å². The average molecular weight is 371 g/mol. The molecule has 0 heterocycles. The number of carboxylic acids is 2. The summed E-state index contributed by atoms with van der Waals surface area (Å²) in [5.74, 6) is -2.16. The molecule has 0 unspecified atom stereocenters. The van der Waals surface area contributed by atoms with Gasteiger partial charge in [-0.3, -0.25) is 0 Å². The molecule has 0 N–H and O–H groups in total. The third-order valence-electron chi connectivity index (χ3n) is 0.622. The molecule has 0 aromatic heterocycles. The minimum Gasteiger partial charge on any atom is -0.550 e. The third kappa shape index (κ3) is 34.7. The largest absolute Gasteiger partial charge is 2.00 e. The summed E-state index contributed by atoms with van der Waals surface area (Å²) < 4.78 is 0. The average Bonchev–Trinajstić information content (AvgIpc) is 1.87. The van der Waals surface area contributed by atoms with Gasteiger partial charge in [-0.2, -0.15) is 0 Å². The molecule has 0 saturated carbocycles. The Morgan fingerprint density at radius 1 is 1.00 bits per heavy atom. The maximum atomic E-state index is 9.42. The molecule has 0 fully saturated rings. The number of hydrogen-bond acceptors (Lipinski definition) is 4. The van der Waals surface area contributed by atoms with Crippen LogP contribution in [0, 0.1) is 0 Å². The fourth-order valence-electron chi connectivity index (χ4n) is 0.236. The standard InChI is InChI=1S/2C4H6O2.Hg/c2*1-2-3-4(5)6;/h2*2H,1,3H2,(H,5,6);/q;;+2/p-2. The number of hydrogen-bond donors (Lipinski definition) is 0. The van der Waals surface area contributed by atoms with Crippen LogP contribution in [0.1, 0.15) is 12.8 Å². The van der Waals surface area contributed by atoms with Gasteiger partial charge in [0, 0.05) is 24.8 Å². The Morgan fingerprint density at radius 2 is 1.23 bits per heavy atom. The van der Waals surface area contributed by atoms with E-state index in [4.69, 9.17) is 0 Å². The van der Waals surface area contributed by atoms with Crippen molar-refractivity contribution in [3.8, 4) is 0 Å². The Bertz CT molecular complexity index is 157. The smallest absolute Gasteiger partial charge is 0.550 e. The first kappa shape index (κ1) is 18.2. The van der Waals surface area contributed by atoms with Gasteiger partial charge in [-0.15, -0.1) is 13.2 Å². The van der Waals surface area contributed by atoms with E-state index >= 15 is 0 Å². The predicted molar refractivity (Wildman–Crippen MR) is 39.6 cm³/mol. The van der Waals surface area contributed by atoms with Crippen LogP contribution in [0.5, 0.6) is 0 Å². The van der Waals surface area contributed by atoms with Gasteiger partial charge in [0.25, 0.3) is 0 Å². The summed E-state index contributed by atoms with van der Waals surface area (Å²) in [6.45, 7) is 6.36.